The largest absolute Gasteiger partial charge is 0.347 e. The van der Waals surface area contributed by atoms with Crippen LogP contribution in [0.2, 0.25) is 5.02 Å². The predicted molar refractivity (Wildman–Crippen MR) is 90.4 cm³/mol. The highest BCUT2D eigenvalue weighted by molar-refractivity contribution is 7.91. The van der Waals surface area contributed by atoms with Gasteiger partial charge in [-0.05, 0) is 38.5 Å². The molecule has 0 spiro atoms. The number of hydrogen-bond donors (Lipinski definition) is 1. The zero-order valence-electron chi connectivity index (χ0n) is 13.3. The second-order valence-corrected chi connectivity index (χ2v) is 8.55. The van der Waals surface area contributed by atoms with Gasteiger partial charge in [0, 0.05) is 11.7 Å². The lowest BCUT2D eigenvalue weighted by Crippen LogP contribution is -2.36. The molecule has 1 saturated heterocycles. The zero-order valence-corrected chi connectivity index (χ0v) is 14.9. The first-order valence-corrected chi connectivity index (χ1v) is 9.66. The van der Waals surface area contributed by atoms with Gasteiger partial charge in [-0.1, -0.05) is 11.6 Å². The predicted octanol–water partition coefficient (Wildman–Crippen LogP) is 1.45. The smallest absolute Gasteiger partial charge is 0.271 e. The molecule has 2 aromatic rings. The van der Waals surface area contributed by atoms with Crippen molar-refractivity contribution in [3.63, 3.8) is 0 Å². The minimum absolute atomic E-state index is 0.0481. The number of carbonyl (C=O) groups is 1. The first-order chi connectivity index (χ1) is 11.2. The van der Waals surface area contributed by atoms with Crippen molar-refractivity contribution >= 4 is 27.3 Å². The molecule has 0 aromatic carbocycles. The minimum atomic E-state index is -3.07. The molecule has 9 heteroatoms. The number of nitrogens with zero attached hydrogens (tertiary/aromatic N) is 3. The standard InChI is InChI=1S/C15H17ClN4O3S/c1-9-7-10(2)20(19-9)13-4-3-12(16)14(18-13)15(21)17-11-5-6-24(22,23)8-11/h3-4,7,11H,5-6,8H2,1-2H3,(H,17,21). The second-order valence-electron chi connectivity index (χ2n) is 5.91. The van der Waals surface area contributed by atoms with Crippen molar-refractivity contribution in [1.29, 1.82) is 0 Å². The number of rotatable bonds is 3. The number of carbonyl (C=O) groups excluding carboxylic acids is 1. The Kier molecular flexibility index (Phi) is 4.35. The average molecular weight is 369 g/mol. The Balaban J connectivity index is 1.86. The fourth-order valence-corrected chi connectivity index (χ4v) is 4.60. The highest BCUT2D eigenvalue weighted by Gasteiger charge is 2.30. The maximum absolute atomic E-state index is 12.4. The molecule has 1 aliphatic heterocycles. The summed E-state index contributed by atoms with van der Waals surface area (Å²) in [6, 6.07) is 4.76. The lowest BCUT2D eigenvalue weighted by molar-refractivity contribution is 0.0936. The van der Waals surface area contributed by atoms with Gasteiger partial charge in [-0.2, -0.15) is 5.10 Å². The third kappa shape index (κ3) is 3.44. The summed E-state index contributed by atoms with van der Waals surface area (Å²) < 4.78 is 24.6. The van der Waals surface area contributed by atoms with Crippen LogP contribution >= 0.6 is 11.6 Å². The summed E-state index contributed by atoms with van der Waals surface area (Å²) in [5.74, 6) is 0.0398. The number of aromatic nitrogens is 3. The lowest BCUT2D eigenvalue weighted by Gasteiger charge is -2.12. The normalized spacial score (nSPS) is 19.4. The van der Waals surface area contributed by atoms with Crippen LogP contribution in [0.15, 0.2) is 18.2 Å². The Labute approximate surface area is 145 Å². The second kappa shape index (κ2) is 6.18. The molecule has 0 bridgehead atoms. The molecule has 7 nitrogen and oxygen atoms in total. The van der Waals surface area contributed by atoms with E-state index in [1.807, 2.05) is 19.9 Å². The Morgan fingerprint density at radius 2 is 2.12 bits per heavy atom. The molecule has 1 atom stereocenters. The summed E-state index contributed by atoms with van der Waals surface area (Å²) in [6.07, 6.45) is 0.406. The van der Waals surface area contributed by atoms with Gasteiger partial charge in [0.2, 0.25) is 0 Å². The average Bonchev–Trinajstić information content (AvgIpc) is 3.00. The van der Waals surface area contributed by atoms with E-state index in [-0.39, 0.29) is 22.2 Å². The third-order valence-corrected chi connectivity index (χ3v) is 5.91. The molecule has 128 valence electrons. The van der Waals surface area contributed by atoms with Gasteiger partial charge in [-0.3, -0.25) is 4.79 Å². The molecule has 1 fully saturated rings. The number of aryl methyl sites for hydroxylation is 2. The van der Waals surface area contributed by atoms with Gasteiger partial charge in [-0.25, -0.2) is 18.1 Å². The van der Waals surface area contributed by atoms with Crippen molar-refractivity contribution in [2.45, 2.75) is 26.3 Å². The SMILES string of the molecule is Cc1cc(C)n(-c2ccc(Cl)c(C(=O)NC3CCS(=O)(=O)C3)n2)n1. The van der Waals surface area contributed by atoms with Gasteiger partial charge in [0.1, 0.15) is 5.69 Å². The molecular formula is C15H17ClN4O3S. The molecule has 3 rings (SSSR count). The molecule has 1 amide bonds. The van der Waals surface area contributed by atoms with Crippen LogP contribution in [0.4, 0.5) is 0 Å². The topological polar surface area (TPSA) is 94.0 Å². The fraction of sp³-hybridized carbons (Fsp3) is 0.400. The van der Waals surface area contributed by atoms with Gasteiger partial charge in [-0.15, -0.1) is 0 Å². The Hall–Kier alpha value is -1.93. The third-order valence-electron chi connectivity index (χ3n) is 3.84. The monoisotopic (exact) mass is 368 g/mol. The first kappa shape index (κ1) is 16.9. The van der Waals surface area contributed by atoms with Crippen LogP contribution < -0.4 is 5.32 Å². The zero-order chi connectivity index (χ0) is 17.5. The van der Waals surface area contributed by atoms with Crippen molar-refractivity contribution < 1.29 is 13.2 Å². The van der Waals surface area contributed by atoms with Gasteiger partial charge < -0.3 is 5.32 Å². The Morgan fingerprint density at radius 1 is 1.38 bits per heavy atom. The highest BCUT2D eigenvalue weighted by Crippen LogP contribution is 2.19. The summed E-state index contributed by atoms with van der Waals surface area (Å²) in [6.45, 7) is 3.76. The van der Waals surface area contributed by atoms with Crippen molar-refractivity contribution in [2.24, 2.45) is 0 Å². The maximum atomic E-state index is 12.4. The van der Waals surface area contributed by atoms with Gasteiger partial charge in [0.25, 0.3) is 5.91 Å². The molecule has 1 unspecified atom stereocenters. The number of nitrogens with one attached hydrogen (secondary N) is 1. The molecule has 0 radical (unpaired) electrons. The number of hydrogen-bond acceptors (Lipinski definition) is 5. The van der Waals surface area contributed by atoms with E-state index < -0.39 is 21.8 Å². The van der Waals surface area contributed by atoms with Crippen LogP contribution in [0, 0.1) is 13.8 Å². The number of sulfone groups is 1. The van der Waals surface area contributed by atoms with Gasteiger partial charge in [0.05, 0.1) is 22.2 Å². The molecular weight excluding hydrogens is 352 g/mol. The van der Waals surface area contributed by atoms with Crippen LogP contribution in [0.5, 0.6) is 0 Å². The van der Waals surface area contributed by atoms with Crippen molar-refractivity contribution in [3.8, 4) is 5.82 Å². The van der Waals surface area contributed by atoms with E-state index in [0.717, 1.165) is 11.4 Å². The van der Waals surface area contributed by atoms with Crippen LogP contribution in [0.1, 0.15) is 28.3 Å². The van der Waals surface area contributed by atoms with Crippen LogP contribution in [0.3, 0.4) is 0 Å². The van der Waals surface area contributed by atoms with E-state index in [9.17, 15) is 13.2 Å². The van der Waals surface area contributed by atoms with E-state index in [1.54, 1.807) is 16.8 Å². The fourth-order valence-electron chi connectivity index (χ4n) is 2.73. The quantitative estimate of drug-likeness (QED) is 0.885. The maximum Gasteiger partial charge on any atom is 0.271 e. The molecule has 2 aromatic heterocycles. The molecule has 0 aliphatic carbocycles. The number of pyridine rings is 1. The summed E-state index contributed by atoms with van der Waals surface area (Å²) in [7, 11) is -3.07. The van der Waals surface area contributed by atoms with E-state index in [0.29, 0.717) is 12.2 Å². The molecule has 1 N–H and O–H groups in total. The summed E-state index contributed by atoms with van der Waals surface area (Å²) >= 11 is 6.09. The molecule has 0 saturated carbocycles. The van der Waals surface area contributed by atoms with E-state index >= 15 is 0 Å². The van der Waals surface area contributed by atoms with E-state index in [4.69, 9.17) is 11.6 Å². The lowest BCUT2D eigenvalue weighted by atomic mass is 10.2. The molecule has 24 heavy (non-hydrogen) atoms. The summed E-state index contributed by atoms with van der Waals surface area (Å²) in [5, 5.41) is 7.24. The molecule has 3 heterocycles. The summed E-state index contributed by atoms with van der Waals surface area (Å²) in [4.78, 5) is 16.7. The van der Waals surface area contributed by atoms with Crippen molar-refractivity contribution in [3.05, 3.63) is 40.3 Å². The van der Waals surface area contributed by atoms with Crippen molar-refractivity contribution in [2.75, 3.05) is 11.5 Å². The number of amides is 1. The van der Waals surface area contributed by atoms with Crippen molar-refractivity contribution in [1.82, 2.24) is 20.1 Å². The first-order valence-electron chi connectivity index (χ1n) is 7.47. The minimum Gasteiger partial charge on any atom is -0.347 e. The van der Waals surface area contributed by atoms with Crippen LogP contribution in [0.25, 0.3) is 5.82 Å². The summed E-state index contributed by atoms with van der Waals surface area (Å²) in [5.41, 5.74) is 1.79. The van der Waals surface area contributed by atoms with Gasteiger partial charge >= 0.3 is 0 Å². The molecule has 1 aliphatic rings. The van der Waals surface area contributed by atoms with Gasteiger partial charge in [0.15, 0.2) is 15.7 Å². The Bertz CT molecular complexity index is 907. The Morgan fingerprint density at radius 3 is 2.71 bits per heavy atom. The van der Waals surface area contributed by atoms with E-state index in [1.165, 1.54) is 0 Å². The highest BCUT2D eigenvalue weighted by atomic mass is 35.5. The van der Waals surface area contributed by atoms with Crippen LogP contribution in [-0.4, -0.2) is 46.6 Å². The van der Waals surface area contributed by atoms with Crippen LogP contribution in [-0.2, 0) is 9.84 Å². The number of halogens is 1. The van der Waals surface area contributed by atoms with E-state index in [2.05, 4.69) is 15.4 Å².